The number of hydrogen-bond acceptors (Lipinski definition) is 3. The van der Waals surface area contributed by atoms with Crippen LogP contribution in [0.1, 0.15) is 40.0 Å². The summed E-state index contributed by atoms with van der Waals surface area (Å²) in [7, 11) is 4.43. The average molecular weight is 241 g/mol. The van der Waals surface area contributed by atoms with Gasteiger partial charge in [-0.15, -0.1) is 0 Å². The van der Waals surface area contributed by atoms with Gasteiger partial charge >= 0.3 is 0 Å². The third-order valence-electron chi connectivity index (χ3n) is 3.84. The second-order valence-electron chi connectivity index (χ2n) is 6.93. The number of nitrogens with two attached hydrogens (primary N) is 1. The topological polar surface area (TPSA) is 32.5 Å². The van der Waals surface area contributed by atoms with E-state index in [9.17, 15) is 0 Å². The van der Waals surface area contributed by atoms with Crippen molar-refractivity contribution in [2.75, 3.05) is 33.7 Å². The first-order chi connectivity index (χ1) is 7.79. The summed E-state index contributed by atoms with van der Waals surface area (Å²) < 4.78 is 0. The van der Waals surface area contributed by atoms with Crippen molar-refractivity contribution >= 4 is 0 Å². The molecule has 0 aromatic heterocycles. The van der Waals surface area contributed by atoms with Gasteiger partial charge in [0.1, 0.15) is 0 Å². The molecule has 0 aliphatic carbocycles. The van der Waals surface area contributed by atoms with E-state index in [4.69, 9.17) is 5.73 Å². The molecule has 3 heteroatoms. The molecule has 0 radical (unpaired) electrons. The summed E-state index contributed by atoms with van der Waals surface area (Å²) in [5, 5.41) is 0. The molecule has 2 atom stereocenters. The Hall–Kier alpha value is -0.120. The molecular formula is C14H31N3. The fourth-order valence-electron chi connectivity index (χ4n) is 2.56. The molecule has 17 heavy (non-hydrogen) atoms. The minimum absolute atomic E-state index is 0.305. The lowest BCUT2D eigenvalue weighted by atomic mass is 9.87. The lowest BCUT2D eigenvalue weighted by Crippen LogP contribution is -2.50. The van der Waals surface area contributed by atoms with E-state index in [1.54, 1.807) is 0 Å². The van der Waals surface area contributed by atoms with E-state index in [2.05, 4.69) is 44.7 Å². The van der Waals surface area contributed by atoms with Gasteiger partial charge in [-0.1, -0.05) is 20.8 Å². The summed E-state index contributed by atoms with van der Waals surface area (Å²) in [4.78, 5) is 4.88. The Morgan fingerprint density at radius 3 is 2.47 bits per heavy atom. The molecular weight excluding hydrogens is 210 g/mol. The second-order valence-corrected chi connectivity index (χ2v) is 6.93. The fourth-order valence-corrected chi connectivity index (χ4v) is 2.56. The predicted molar refractivity (Wildman–Crippen MR) is 75.2 cm³/mol. The first-order valence-corrected chi connectivity index (χ1v) is 6.94. The molecule has 102 valence electrons. The highest BCUT2D eigenvalue weighted by atomic mass is 15.2. The maximum Gasteiger partial charge on any atom is 0.0371 e. The third-order valence-corrected chi connectivity index (χ3v) is 3.84. The molecule has 0 aromatic rings. The van der Waals surface area contributed by atoms with Crippen molar-refractivity contribution in [1.29, 1.82) is 0 Å². The Morgan fingerprint density at radius 2 is 1.88 bits per heavy atom. The lowest BCUT2D eigenvalue weighted by Gasteiger charge is -2.33. The molecule has 1 rings (SSSR count). The molecule has 1 saturated heterocycles. The van der Waals surface area contributed by atoms with E-state index in [1.165, 1.54) is 25.9 Å². The molecule has 0 bridgehead atoms. The van der Waals surface area contributed by atoms with Crippen LogP contribution in [-0.2, 0) is 0 Å². The monoisotopic (exact) mass is 241 g/mol. The average Bonchev–Trinajstić information content (AvgIpc) is 2.36. The number of rotatable bonds is 3. The maximum absolute atomic E-state index is 6.41. The van der Waals surface area contributed by atoms with Crippen molar-refractivity contribution < 1.29 is 0 Å². The standard InChI is InChI=1S/C14H31N3/c1-14(2,3)8-7-12(15)13-11-16(4)9-6-10-17(13)5/h12-13H,6-11,15H2,1-5H3. The van der Waals surface area contributed by atoms with Gasteiger partial charge in [0.2, 0.25) is 0 Å². The molecule has 0 aromatic carbocycles. The van der Waals surface area contributed by atoms with Crippen LogP contribution in [0.2, 0.25) is 0 Å². The van der Waals surface area contributed by atoms with Gasteiger partial charge in [-0.3, -0.25) is 0 Å². The van der Waals surface area contributed by atoms with Crippen LogP contribution in [-0.4, -0.2) is 55.6 Å². The molecule has 0 spiro atoms. The predicted octanol–water partition coefficient (Wildman–Crippen LogP) is 1.78. The quantitative estimate of drug-likeness (QED) is 0.817. The lowest BCUT2D eigenvalue weighted by molar-refractivity contribution is 0.182. The highest BCUT2D eigenvalue weighted by Gasteiger charge is 2.26. The minimum atomic E-state index is 0.305. The summed E-state index contributed by atoms with van der Waals surface area (Å²) in [6, 6.07) is 0.824. The van der Waals surface area contributed by atoms with Gasteiger partial charge in [0.05, 0.1) is 0 Å². The highest BCUT2D eigenvalue weighted by Crippen LogP contribution is 2.23. The Labute approximate surface area is 107 Å². The van der Waals surface area contributed by atoms with Crippen LogP contribution < -0.4 is 5.73 Å². The summed E-state index contributed by atoms with van der Waals surface area (Å²) in [6.07, 6.45) is 3.60. The molecule has 2 N–H and O–H groups in total. The van der Waals surface area contributed by atoms with E-state index < -0.39 is 0 Å². The Morgan fingerprint density at radius 1 is 1.24 bits per heavy atom. The maximum atomic E-state index is 6.41. The van der Waals surface area contributed by atoms with Crippen LogP contribution in [0, 0.1) is 5.41 Å². The first kappa shape index (κ1) is 14.9. The number of likely N-dealkylation sites (N-methyl/N-ethyl adjacent to an activating group) is 2. The zero-order valence-electron chi connectivity index (χ0n) is 12.4. The van der Waals surface area contributed by atoms with Crippen LogP contribution in [0.15, 0.2) is 0 Å². The van der Waals surface area contributed by atoms with Crippen LogP contribution in [0.25, 0.3) is 0 Å². The highest BCUT2D eigenvalue weighted by molar-refractivity contribution is 4.86. The van der Waals surface area contributed by atoms with E-state index in [1.807, 2.05) is 0 Å². The Kier molecular flexibility index (Phi) is 5.42. The SMILES string of the molecule is CN1CCCN(C)C(C(N)CCC(C)(C)C)C1. The van der Waals surface area contributed by atoms with E-state index in [-0.39, 0.29) is 0 Å². The number of nitrogens with zero attached hydrogens (tertiary/aromatic N) is 2. The minimum Gasteiger partial charge on any atom is -0.326 e. The molecule has 3 nitrogen and oxygen atoms in total. The van der Waals surface area contributed by atoms with Crippen molar-refractivity contribution in [2.45, 2.75) is 52.1 Å². The zero-order chi connectivity index (χ0) is 13.1. The zero-order valence-corrected chi connectivity index (χ0v) is 12.4. The smallest absolute Gasteiger partial charge is 0.0371 e. The van der Waals surface area contributed by atoms with Crippen molar-refractivity contribution in [1.82, 2.24) is 9.80 Å². The molecule has 1 fully saturated rings. The van der Waals surface area contributed by atoms with Gasteiger partial charge < -0.3 is 15.5 Å². The van der Waals surface area contributed by atoms with Crippen molar-refractivity contribution in [3.63, 3.8) is 0 Å². The third kappa shape index (κ3) is 5.36. The normalized spacial score (nSPS) is 26.8. The van der Waals surface area contributed by atoms with Gasteiger partial charge in [-0.05, 0) is 51.9 Å². The first-order valence-electron chi connectivity index (χ1n) is 6.94. The Balaban J connectivity index is 2.50. The van der Waals surface area contributed by atoms with Crippen molar-refractivity contribution in [3.05, 3.63) is 0 Å². The summed E-state index contributed by atoms with van der Waals surface area (Å²) in [5.41, 5.74) is 6.81. The summed E-state index contributed by atoms with van der Waals surface area (Å²) in [5.74, 6) is 0. The van der Waals surface area contributed by atoms with Crippen LogP contribution in [0.3, 0.4) is 0 Å². The van der Waals surface area contributed by atoms with Crippen LogP contribution >= 0.6 is 0 Å². The van der Waals surface area contributed by atoms with Gasteiger partial charge in [0.15, 0.2) is 0 Å². The molecule has 1 aliphatic rings. The molecule has 1 heterocycles. The molecule has 2 unspecified atom stereocenters. The Bertz CT molecular complexity index is 222. The second kappa shape index (κ2) is 6.17. The van der Waals surface area contributed by atoms with Gasteiger partial charge in [0, 0.05) is 18.6 Å². The molecule has 1 aliphatic heterocycles. The van der Waals surface area contributed by atoms with Gasteiger partial charge in [-0.2, -0.15) is 0 Å². The number of hydrogen-bond donors (Lipinski definition) is 1. The van der Waals surface area contributed by atoms with Gasteiger partial charge in [0.25, 0.3) is 0 Å². The van der Waals surface area contributed by atoms with Crippen LogP contribution in [0.5, 0.6) is 0 Å². The summed E-state index contributed by atoms with van der Waals surface area (Å²) in [6.45, 7) is 10.4. The molecule has 0 saturated carbocycles. The van der Waals surface area contributed by atoms with E-state index in [0.29, 0.717) is 17.5 Å². The summed E-state index contributed by atoms with van der Waals surface area (Å²) >= 11 is 0. The van der Waals surface area contributed by atoms with Gasteiger partial charge in [-0.25, -0.2) is 0 Å². The van der Waals surface area contributed by atoms with E-state index in [0.717, 1.165) is 13.0 Å². The van der Waals surface area contributed by atoms with E-state index >= 15 is 0 Å². The van der Waals surface area contributed by atoms with Crippen molar-refractivity contribution in [3.8, 4) is 0 Å². The van der Waals surface area contributed by atoms with Crippen molar-refractivity contribution in [2.24, 2.45) is 11.1 Å². The molecule has 0 amide bonds. The fraction of sp³-hybridized carbons (Fsp3) is 1.00. The largest absolute Gasteiger partial charge is 0.326 e. The van der Waals surface area contributed by atoms with Crippen LogP contribution in [0.4, 0.5) is 0 Å².